The van der Waals surface area contributed by atoms with Crippen molar-refractivity contribution in [3.05, 3.63) is 18.5 Å². The zero-order valence-corrected chi connectivity index (χ0v) is 5.42. The summed E-state index contributed by atoms with van der Waals surface area (Å²) < 4.78 is 0. The monoisotopic (exact) mass is 147 g/mol. The average Bonchev–Trinajstić information content (AvgIpc) is 2.58. The molecule has 0 amide bonds. The van der Waals surface area contributed by atoms with Crippen LogP contribution in [0, 0.1) is 0 Å². The Labute approximate surface area is 61.7 Å². The predicted octanol–water partition coefficient (Wildman–Crippen LogP) is -0.714. The molecule has 2 heterocycles. The molecule has 0 saturated carbocycles. The van der Waals surface area contributed by atoms with E-state index in [2.05, 4.69) is 30.6 Å². The molecule has 0 atom stereocenters. The van der Waals surface area contributed by atoms with Crippen molar-refractivity contribution in [2.75, 3.05) is 0 Å². The highest BCUT2D eigenvalue weighted by atomic mass is 15.5. The van der Waals surface area contributed by atoms with E-state index in [0.717, 1.165) is 0 Å². The first kappa shape index (κ1) is 5.90. The summed E-state index contributed by atoms with van der Waals surface area (Å²) in [5.41, 5.74) is 0. The molecule has 54 valence electrons. The minimum atomic E-state index is 0.352. The van der Waals surface area contributed by atoms with Crippen LogP contribution in [0.1, 0.15) is 0 Å². The molecular weight excluding hydrogens is 144 g/mol. The molecule has 0 spiro atoms. The molecule has 0 aliphatic heterocycles. The summed E-state index contributed by atoms with van der Waals surface area (Å²) in [6.45, 7) is 0. The van der Waals surface area contributed by atoms with Crippen molar-refractivity contribution < 1.29 is 0 Å². The number of rotatable bonds is 1. The molecule has 0 fully saturated rings. The third-order valence-electron chi connectivity index (χ3n) is 1.08. The van der Waals surface area contributed by atoms with Gasteiger partial charge in [-0.2, -0.15) is 5.21 Å². The van der Waals surface area contributed by atoms with Crippen LogP contribution in [0.25, 0.3) is 11.6 Å². The van der Waals surface area contributed by atoms with E-state index < -0.39 is 0 Å². The van der Waals surface area contributed by atoms with E-state index in [1.165, 1.54) is 0 Å². The van der Waals surface area contributed by atoms with Gasteiger partial charge >= 0.3 is 0 Å². The molecular formula is C5H3N6-. The first-order valence-corrected chi connectivity index (χ1v) is 2.93. The summed E-state index contributed by atoms with van der Waals surface area (Å²) in [6, 6.07) is 1.72. The molecule has 0 saturated heterocycles. The third kappa shape index (κ3) is 1.05. The van der Waals surface area contributed by atoms with E-state index in [1.807, 2.05) is 0 Å². The van der Waals surface area contributed by atoms with Crippen molar-refractivity contribution in [1.29, 1.82) is 0 Å². The second-order valence-corrected chi connectivity index (χ2v) is 1.77. The molecule has 0 bridgehead atoms. The topological polar surface area (TPSA) is 78.5 Å². The van der Waals surface area contributed by atoms with Gasteiger partial charge in [0.1, 0.15) is 0 Å². The molecule has 0 unspecified atom stereocenters. The van der Waals surface area contributed by atoms with E-state index >= 15 is 0 Å². The fourth-order valence-corrected chi connectivity index (χ4v) is 0.649. The van der Waals surface area contributed by atoms with Gasteiger partial charge in [-0.1, -0.05) is 0 Å². The molecule has 0 aromatic carbocycles. The van der Waals surface area contributed by atoms with Gasteiger partial charge in [0.15, 0.2) is 5.82 Å². The summed E-state index contributed by atoms with van der Waals surface area (Å²) >= 11 is 0. The van der Waals surface area contributed by atoms with Crippen LogP contribution in [0.5, 0.6) is 0 Å². The highest BCUT2D eigenvalue weighted by Gasteiger charge is 1.93. The number of aromatic nitrogens is 6. The van der Waals surface area contributed by atoms with Gasteiger partial charge in [-0.15, -0.1) is 0 Å². The second kappa shape index (κ2) is 2.41. The lowest BCUT2D eigenvalue weighted by molar-refractivity contribution is 0.871. The Morgan fingerprint density at radius 2 is 2.00 bits per heavy atom. The van der Waals surface area contributed by atoms with Crippen molar-refractivity contribution >= 4 is 0 Å². The Kier molecular flexibility index (Phi) is 1.29. The normalized spacial score (nSPS) is 9.82. The van der Waals surface area contributed by atoms with Crippen molar-refractivity contribution in [1.82, 2.24) is 30.6 Å². The summed E-state index contributed by atoms with van der Waals surface area (Å²) in [6.07, 6.45) is 3.22. The molecule has 0 aliphatic rings. The molecule has 11 heavy (non-hydrogen) atoms. The SMILES string of the molecule is c1cnc(-c2nnn[n-]2)nc1. The summed E-state index contributed by atoms with van der Waals surface area (Å²) in [4.78, 5) is 7.81. The minimum absolute atomic E-state index is 0.352. The van der Waals surface area contributed by atoms with E-state index in [1.54, 1.807) is 18.5 Å². The van der Waals surface area contributed by atoms with Crippen LogP contribution in [0.3, 0.4) is 0 Å². The van der Waals surface area contributed by atoms with Gasteiger partial charge in [0.25, 0.3) is 0 Å². The molecule has 6 nitrogen and oxygen atoms in total. The molecule has 6 heteroatoms. The number of nitrogens with zero attached hydrogens (tertiary/aromatic N) is 6. The maximum absolute atomic E-state index is 3.91. The van der Waals surface area contributed by atoms with E-state index in [0.29, 0.717) is 11.6 Å². The van der Waals surface area contributed by atoms with E-state index in [4.69, 9.17) is 0 Å². The molecule has 2 aromatic heterocycles. The average molecular weight is 147 g/mol. The van der Waals surface area contributed by atoms with Crippen LogP contribution in [0.2, 0.25) is 0 Å². The van der Waals surface area contributed by atoms with Crippen molar-refractivity contribution in [3.8, 4) is 11.6 Å². The van der Waals surface area contributed by atoms with Gasteiger partial charge in [-0.3, -0.25) is 10.3 Å². The van der Waals surface area contributed by atoms with Gasteiger partial charge in [-0.05, 0) is 6.07 Å². The number of hydrogen-bond acceptors (Lipinski definition) is 5. The van der Waals surface area contributed by atoms with Crippen LogP contribution < -0.4 is 5.10 Å². The zero-order valence-electron chi connectivity index (χ0n) is 5.42. The third-order valence-corrected chi connectivity index (χ3v) is 1.08. The Bertz CT molecular complexity index is 314. The molecule has 0 N–H and O–H groups in total. The van der Waals surface area contributed by atoms with Crippen molar-refractivity contribution in [2.45, 2.75) is 0 Å². The van der Waals surface area contributed by atoms with Gasteiger partial charge < -0.3 is 5.10 Å². The summed E-state index contributed by atoms with van der Waals surface area (Å²) in [5, 5.41) is 13.8. The number of tetrazole rings is 1. The quantitative estimate of drug-likeness (QED) is 0.530. The maximum atomic E-state index is 3.91. The predicted molar refractivity (Wildman–Crippen MR) is 34.2 cm³/mol. The standard InChI is InChI=1S/C5H3N6/c1-2-6-4(7-3-1)5-8-10-11-9-5/h1-3H/q-1. The lowest BCUT2D eigenvalue weighted by Crippen LogP contribution is -1.89. The van der Waals surface area contributed by atoms with Crippen LogP contribution >= 0.6 is 0 Å². The van der Waals surface area contributed by atoms with Crippen LogP contribution in [0.4, 0.5) is 0 Å². The van der Waals surface area contributed by atoms with Crippen LogP contribution in [-0.4, -0.2) is 25.5 Å². The van der Waals surface area contributed by atoms with Crippen LogP contribution in [0.15, 0.2) is 18.5 Å². The van der Waals surface area contributed by atoms with Crippen LogP contribution in [-0.2, 0) is 0 Å². The second-order valence-electron chi connectivity index (χ2n) is 1.77. The Hall–Kier alpha value is -1.85. The van der Waals surface area contributed by atoms with Gasteiger partial charge in [0.05, 0.1) is 5.82 Å². The largest absolute Gasteiger partial charge is 0.328 e. The summed E-state index contributed by atoms with van der Waals surface area (Å²) in [5.74, 6) is 0.795. The Morgan fingerprint density at radius 3 is 2.64 bits per heavy atom. The smallest absolute Gasteiger partial charge is 0.166 e. The fourth-order valence-electron chi connectivity index (χ4n) is 0.649. The zero-order chi connectivity index (χ0) is 7.52. The Morgan fingerprint density at radius 1 is 1.18 bits per heavy atom. The minimum Gasteiger partial charge on any atom is -0.328 e. The highest BCUT2D eigenvalue weighted by molar-refractivity contribution is 5.38. The van der Waals surface area contributed by atoms with Gasteiger partial charge in [0, 0.05) is 12.4 Å². The number of hydrogen-bond donors (Lipinski definition) is 0. The van der Waals surface area contributed by atoms with E-state index in [-0.39, 0.29) is 0 Å². The van der Waals surface area contributed by atoms with Gasteiger partial charge in [-0.25, -0.2) is 9.97 Å². The Balaban J connectivity index is 2.46. The molecule has 2 aromatic rings. The maximum Gasteiger partial charge on any atom is 0.166 e. The lowest BCUT2D eigenvalue weighted by Gasteiger charge is -1.93. The van der Waals surface area contributed by atoms with Crippen molar-refractivity contribution in [3.63, 3.8) is 0 Å². The molecule has 0 radical (unpaired) electrons. The van der Waals surface area contributed by atoms with E-state index in [9.17, 15) is 0 Å². The first-order chi connectivity index (χ1) is 5.47. The summed E-state index contributed by atoms with van der Waals surface area (Å²) in [7, 11) is 0. The highest BCUT2D eigenvalue weighted by Crippen LogP contribution is 2.00. The molecule has 2 rings (SSSR count). The first-order valence-electron chi connectivity index (χ1n) is 2.93. The molecule has 0 aliphatic carbocycles. The van der Waals surface area contributed by atoms with Crippen molar-refractivity contribution in [2.24, 2.45) is 0 Å². The lowest BCUT2D eigenvalue weighted by atomic mass is 10.5. The fraction of sp³-hybridized carbons (Fsp3) is 0. The van der Waals surface area contributed by atoms with Gasteiger partial charge in [0.2, 0.25) is 0 Å².